The van der Waals surface area contributed by atoms with Crippen LogP contribution in [0.3, 0.4) is 0 Å². The molecule has 0 bridgehead atoms. The molecule has 16 rings (SSSR count). The molecule has 6 atom stereocenters. The Hall–Kier alpha value is -3.99. The Kier molecular flexibility index (Phi) is 3.25. The summed E-state index contributed by atoms with van der Waals surface area (Å²) in [4.78, 5) is 0. The normalized spacial score (nSPS) is 30.0. The molecule has 0 radical (unpaired) electrons. The maximum Gasteiger partial charge on any atom is 0.0457 e. The van der Waals surface area contributed by atoms with Crippen molar-refractivity contribution in [3.63, 3.8) is 0 Å². The van der Waals surface area contributed by atoms with Crippen molar-refractivity contribution in [2.45, 2.75) is 85.9 Å². The monoisotopic (exact) mass is 668 g/mol. The van der Waals surface area contributed by atoms with Crippen LogP contribution < -0.4 is 0 Å². The van der Waals surface area contributed by atoms with Crippen molar-refractivity contribution in [3.8, 4) is 0 Å². The molecule has 0 saturated heterocycles. The van der Waals surface area contributed by atoms with E-state index in [1.165, 1.54) is 22.9 Å². The van der Waals surface area contributed by atoms with Gasteiger partial charge in [-0.05, 0) is 143 Å². The number of hydrogen-bond donors (Lipinski definition) is 0. The topological polar surface area (TPSA) is 0 Å². The fourth-order valence-electron chi connectivity index (χ4n) is 15.6. The molecule has 0 spiro atoms. The van der Waals surface area contributed by atoms with Crippen LogP contribution in [0.4, 0.5) is 0 Å². The fraction of sp³-hybridized carbons (Fsp3) is 0.292. The largest absolute Gasteiger partial charge is 0.0797 e. The summed E-state index contributed by atoms with van der Waals surface area (Å²) in [5, 5.41) is 26.5. The molecule has 9 aromatic carbocycles. The SMILES string of the molecule is C[Si](C)(C)CC12C=CC3(C[Si](C)(C)C)c4ccc5c6ccc7c8c9c%10c%11c%12c%13c(ccc1c%13c1c2c3c2c4c5c(c86)c%10c2c1%11)C1C=CC7C9C%121. The summed E-state index contributed by atoms with van der Waals surface area (Å²) in [5.74, 6) is 2.12. The molecule has 2 heteroatoms. The van der Waals surface area contributed by atoms with Crippen LogP contribution in [0.15, 0.2) is 60.7 Å². The van der Waals surface area contributed by atoms with E-state index >= 15 is 0 Å². The standard InChI is InChI=1S/C48H36Si2/c1-49(2,3)17-47-15-16-48(18-50(4,5)6)26-14-12-24-22-10-8-20-19-7-9-21-23-11-13-25(47)33-31(23)36-29(21)27(19)35-28(20)30(22)37-32(24)34(26)44-42-40(37)38(35)39(36)41(42)43(33)45(47)46(44)48/h7-16,19,21,27,29H,17-18H2,1-6H3. The van der Waals surface area contributed by atoms with Crippen molar-refractivity contribution in [2.24, 2.45) is 0 Å². The van der Waals surface area contributed by atoms with Crippen LogP contribution in [0.5, 0.6) is 0 Å². The van der Waals surface area contributed by atoms with E-state index in [2.05, 4.69) is 100.0 Å². The lowest BCUT2D eigenvalue weighted by atomic mass is 9.64. The summed E-state index contributed by atoms with van der Waals surface area (Å²) in [6.45, 7) is 15.8. The number of hydrogen-bond acceptors (Lipinski definition) is 0. The first-order valence-electron chi connectivity index (χ1n) is 19.5. The lowest BCUT2D eigenvalue weighted by Gasteiger charge is -2.45. The third-order valence-electron chi connectivity index (χ3n) is 16.0. The molecule has 0 N–H and O–H groups in total. The van der Waals surface area contributed by atoms with Gasteiger partial charge in [-0.2, -0.15) is 0 Å². The van der Waals surface area contributed by atoms with Crippen LogP contribution in [-0.2, 0) is 10.8 Å². The Labute approximate surface area is 292 Å². The first-order chi connectivity index (χ1) is 24.0. The van der Waals surface area contributed by atoms with Gasteiger partial charge in [0.25, 0.3) is 0 Å². The smallest absolute Gasteiger partial charge is 0.0457 e. The van der Waals surface area contributed by atoms with Crippen molar-refractivity contribution in [3.05, 3.63) is 105 Å². The van der Waals surface area contributed by atoms with E-state index in [9.17, 15) is 0 Å². The lowest BCUT2D eigenvalue weighted by molar-refractivity contribution is 0.471. The van der Waals surface area contributed by atoms with Gasteiger partial charge < -0.3 is 0 Å². The number of rotatable bonds is 4. The van der Waals surface area contributed by atoms with Gasteiger partial charge in [0.1, 0.15) is 0 Å². The van der Waals surface area contributed by atoms with Gasteiger partial charge in [-0.3, -0.25) is 0 Å². The van der Waals surface area contributed by atoms with E-state index in [0.717, 1.165) is 0 Å². The minimum absolute atomic E-state index is 0.0307. The van der Waals surface area contributed by atoms with E-state index in [4.69, 9.17) is 0 Å². The molecule has 50 heavy (non-hydrogen) atoms. The van der Waals surface area contributed by atoms with Crippen molar-refractivity contribution < 1.29 is 0 Å². The molecular formula is C48H36Si2. The average Bonchev–Trinajstić information content (AvgIpc) is 3.86. The Morgan fingerprint density at radius 2 is 0.860 bits per heavy atom. The van der Waals surface area contributed by atoms with E-state index < -0.39 is 16.1 Å². The van der Waals surface area contributed by atoms with Crippen LogP contribution in [0.2, 0.25) is 51.4 Å². The highest BCUT2D eigenvalue weighted by Gasteiger charge is 2.60. The minimum Gasteiger partial charge on any atom is -0.0797 e. The van der Waals surface area contributed by atoms with E-state index in [-0.39, 0.29) is 10.8 Å². The molecule has 0 aromatic heterocycles. The molecule has 0 fully saturated rings. The zero-order chi connectivity index (χ0) is 32.7. The lowest BCUT2D eigenvalue weighted by Crippen LogP contribution is -2.42. The molecule has 6 unspecified atom stereocenters. The van der Waals surface area contributed by atoms with Gasteiger partial charge in [0, 0.05) is 50.6 Å². The summed E-state index contributed by atoms with van der Waals surface area (Å²) in [7, 11) is -3.06. The first kappa shape index (κ1) is 25.0. The predicted octanol–water partition coefficient (Wildman–Crippen LogP) is 13.1. The summed E-state index contributed by atoms with van der Waals surface area (Å²) in [6, 6.07) is 18.2. The highest BCUT2D eigenvalue weighted by Crippen LogP contribution is 2.77. The first-order valence-corrected chi connectivity index (χ1v) is 26.9. The third kappa shape index (κ3) is 1.98. The molecule has 7 aliphatic rings. The molecule has 0 nitrogen and oxygen atoms in total. The number of benzene rings is 7. The van der Waals surface area contributed by atoms with Gasteiger partial charge in [0.15, 0.2) is 0 Å². The highest BCUT2D eigenvalue weighted by molar-refractivity contribution is 6.77. The Balaban J connectivity index is 1.33. The van der Waals surface area contributed by atoms with E-state index in [1.807, 2.05) is 0 Å². The molecule has 236 valence electrons. The van der Waals surface area contributed by atoms with Crippen LogP contribution in [0.1, 0.15) is 68.2 Å². The Bertz CT molecular complexity index is 3360. The fourth-order valence-corrected chi connectivity index (χ4v) is 19.9. The Morgan fingerprint density at radius 1 is 0.440 bits per heavy atom. The van der Waals surface area contributed by atoms with E-state index in [1.54, 1.807) is 120 Å². The molecule has 0 aliphatic heterocycles. The average molecular weight is 669 g/mol. The highest BCUT2D eigenvalue weighted by atomic mass is 28.3. The number of allylic oxidation sites excluding steroid dienone is 4. The van der Waals surface area contributed by atoms with Crippen LogP contribution >= 0.6 is 0 Å². The van der Waals surface area contributed by atoms with Crippen molar-refractivity contribution in [2.75, 3.05) is 0 Å². The minimum atomic E-state index is -1.53. The van der Waals surface area contributed by atoms with Gasteiger partial charge in [-0.25, -0.2) is 0 Å². The second-order valence-corrected chi connectivity index (χ2v) is 31.6. The summed E-state index contributed by atoms with van der Waals surface area (Å²) in [5.41, 5.74) is 13.6. The molecule has 9 aromatic rings. The van der Waals surface area contributed by atoms with Crippen molar-refractivity contribution in [1.82, 2.24) is 0 Å². The van der Waals surface area contributed by atoms with Crippen molar-refractivity contribution >= 4 is 102 Å². The molecule has 0 amide bonds. The van der Waals surface area contributed by atoms with Crippen LogP contribution in [0.25, 0.3) is 86.2 Å². The maximum absolute atomic E-state index is 2.84. The van der Waals surface area contributed by atoms with Crippen LogP contribution in [-0.4, -0.2) is 16.1 Å². The second kappa shape index (κ2) is 6.48. The molecule has 0 heterocycles. The third-order valence-corrected chi connectivity index (χ3v) is 19.2. The Morgan fingerprint density at radius 3 is 1.44 bits per heavy atom. The zero-order valence-electron chi connectivity index (χ0n) is 29.5. The summed E-state index contributed by atoms with van der Waals surface area (Å²) >= 11 is 0. The predicted molar refractivity (Wildman–Crippen MR) is 218 cm³/mol. The van der Waals surface area contributed by atoms with Gasteiger partial charge in [0.2, 0.25) is 0 Å². The molecular weight excluding hydrogens is 633 g/mol. The number of fused-ring (bicyclic) bond motifs is 5. The van der Waals surface area contributed by atoms with Gasteiger partial charge in [0.05, 0.1) is 0 Å². The summed E-state index contributed by atoms with van der Waals surface area (Å²) in [6.07, 6.45) is 11.0. The van der Waals surface area contributed by atoms with Crippen LogP contribution in [0, 0.1) is 0 Å². The van der Waals surface area contributed by atoms with Gasteiger partial charge in [-0.1, -0.05) is 100.0 Å². The van der Waals surface area contributed by atoms with Crippen molar-refractivity contribution in [1.29, 1.82) is 0 Å². The quantitative estimate of drug-likeness (QED) is 0.0994. The molecule has 0 saturated carbocycles. The van der Waals surface area contributed by atoms with Gasteiger partial charge in [-0.15, -0.1) is 0 Å². The van der Waals surface area contributed by atoms with Gasteiger partial charge >= 0.3 is 0 Å². The maximum atomic E-state index is 2.84. The second-order valence-electron chi connectivity index (χ2n) is 20.6. The van der Waals surface area contributed by atoms with E-state index in [0.29, 0.717) is 23.7 Å². The summed E-state index contributed by atoms with van der Waals surface area (Å²) < 4.78 is 0. The zero-order valence-corrected chi connectivity index (χ0v) is 31.5. The molecule has 7 aliphatic carbocycles.